The van der Waals surface area contributed by atoms with E-state index in [1.807, 2.05) is 19.2 Å². The van der Waals surface area contributed by atoms with Crippen LogP contribution < -0.4 is 9.75 Å². The van der Waals surface area contributed by atoms with Crippen molar-refractivity contribution >= 4 is 29.7 Å². The summed E-state index contributed by atoms with van der Waals surface area (Å²) in [6.07, 6.45) is 11.9. The Balaban J connectivity index is 1.38. The molecule has 1 heterocycles. The highest BCUT2D eigenvalue weighted by Crippen LogP contribution is 2.77. The second-order valence-electron chi connectivity index (χ2n) is 21.7. The molecule has 0 spiro atoms. The fourth-order valence-electron chi connectivity index (χ4n) is 13.9. The van der Waals surface area contributed by atoms with E-state index in [0.29, 0.717) is 30.7 Å². The molecule has 5 aliphatic rings. The predicted octanol–water partition coefficient (Wildman–Crippen LogP) is 8.78. The number of aromatic nitrogens is 1. The molecule has 5 aliphatic carbocycles. The van der Waals surface area contributed by atoms with Gasteiger partial charge >= 0.3 is 11.9 Å². The van der Waals surface area contributed by atoms with Crippen molar-refractivity contribution in [2.24, 2.45) is 56.2 Å². The third kappa shape index (κ3) is 7.30. The van der Waals surface area contributed by atoms with E-state index in [2.05, 4.69) is 82.5 Å². The van der Waals surface area contributed by atoms with Crippen LogP contribution in [0.4, 0.5) is 5.69 Å². The lowest BCUT2D eigenvalue weighted by Crippen LogP contribution is -2.66. The molecule has 8 atom stereocenters. The minimum absolute atomic E-state index is 0.0101. The SMILES string of the molecule is COc1ccc(N(C)N(CCN(C)C)/C(=C\C=O)C23CC[C@]4(C)C(CCC5C6(C)CCC(OC(=O)CC(C)(C)C(=O)O)C(C)(C)C6CCC54C)C2=C(C(C)C)C(=O)C3)cn1. The van der Waals surface area contributed by atoms with Crippen molar-refractivity contribution < 1.29 is 33.8 Å². The van der Waals surface area contributed by atoms with Crippen LogP contribution in [0.2, 0.25) is 0 Å². The first-order chi connectivity index (χ1) is 27.9. The van der Waals surface area contributed by atoms with E-state index in [9.17, 15) is 24.3 Å². The van der Waals surface area contributed by atoms with Crippen LogP contribution in [0.5, 0.6) is 5.88 Å². The summed E-state index contributed by atoms with van der Waals surface area (Å²) in [5.41, 5.74) is 1.84. The first-order valence-electron chi connectivity index (χ1n) is 22.5. The minimum atomic E-state index is -1.18. The summed E-state index contributed by atoms with van der Waals surface area (Å²) in [6.45, 7) is 21.0. The van der Waals surface area contributed by atoms with Gasteiger partial charge in [-0.1, -0.05) is 48.5 Å². The number of hydrogen-bond acceptors (Lipinski definition) is 10. The lowest BCUT2D eigenvalue weighted by molar-refractivity contribution is -0.233. The molecular formula is C49H74N4O7. The van der Waals surface area contributed by atoms with Gasteiger partial charge in [-0.15, -0.1) is 0 Å². The number of carboxylic acid groups (broad SMARTS) is 1. The third-order valence-electron chi connectivity index (χ3n) is 17.2. The zero-order valence-electron chi connectivity index (χ0n) is 38.9. The van der Waals surface area contributed by atoms with E-state index in [1.165, 1.54) is 5.57 Å². The maximum atomic E-state index is 14.7. The topological polar surface area (TPSA) is 130 Å². The van der Waals surface area contributed by atoms with Crippen molar-refractivity contribution in [1.82, 2.24) is 14.9 Å². The van der Waals surface area contributed by atoms with Crippen molar-refractivity contribution in [3.8, 4) is 5.88 Å². The number of ether oxygens (including phenoxy) is 2. The lowest BCUT2D eigenvalue weighted by atomic mass is 9.33. The van der Waals surface area contributed by atoms with Crippen LogP contribution in [0.25, 0.3) is 0 Å². The van der Waals surface area contributed by atoms with Gasteiger partial charge < -0.3 is 19.5 Å². The highest BCUT2D eigenvalue weighted by molar-refractivity contribution is 6.01. The quantitative estimate of drug-likeness (QED) is 0.0836. The molecule has 4 fully saturated rings. The van der Waals surface area contributed by atoms with Gasteiger partial charge in [0.05, 0.1) is 37.4 Å². The Kier molecular flexibility index (Phi) is 12.4. The lowest BCUT2D eigenvalue weighted by Gasteiger charge is -2.72. The summed E-state index contributed by atoms with van der Waals surface area (Å²) >= 11 is 0. The van der Waals surface area contributed by atoms with Crippen LogP contribution in [-0.4, -0.2) is 91.5 Å². The summed E-state index contributed by atoms with van der Waals surface area (Å²) in [5, 5.41) is 14.0. The second-order valence-corrected chi connectivity index (χ2v) is 21.7. The largest absolute Gasteiger partial charge is 0.481 e. The van der Waals surface area contributed by atoms with Crippen LogP contribution >= 0.6 is 0 Å². The van der Waals surface area contributed by atoms with E-state index >= 15 is 0 Å². The molecule has 0 amide bonds. The number of ketones is 1. The Morgan fingerprint density at radius 3 is 2.23 bits per heavy atom. The molecule has 0 aliphatic heterocycles. The maximum Gasteiger partial charge on any atom is 0.309 e. The number of carbonyl (C=O) groups excluding carboxylic acids is 3. The molecule has 6 rings (SSSR count). The average molecular weight is 831 g/mol. The Hall–Kier alpha value is -3.73. The molecule has 1 aromatic heterocycles. The minimum Gasteiger partial charge on any atom is -0.481 e. The maximum absolute atomic E-state index is 14.7. The number of nitrogens with zero attached hydrogens (tertiary/aromatic N) is 4. The highest BCUT2D eigenvalue weighted by atomic mass is 16.5. The van der Waals surface area contributed by atoms with Crippen molar-refractivity contribution in [1.29, 1.82) is 0 Å². The van der Waals surface area contributed by atoms with Gasteiger partial charge in [0.25, 0.3) is 0 Å². The summed E-state index contributed by atoms with van der Waals surface area (Å²) < 4.78 is 11.6. The Bertz CT molecular complexity index is 1900. The first kappa shape index (κ1) is 45.8. The molecule has 332 valence electrons. The van der Waals surface area contributed by atoms with Crippen LogP contribution in [-0.2, 0) is 23.9 Å². The van der Waals surface area contributed by atoms with Gasteiger partial charge in [0.2, 0.25) is 5.88 Å². The number of anilines is 1. The normalized spacial score (nSPS) is 33.7. The number of fused-ring (bicyclic) bond motifs is 7. The zero-order chi connectivity index (χ0) is 44.4. The number of carboxylic acids is 1. The third-order valence-corrected chi connectivity index (χ3v) is 17.2. The number of aldehydes is 1. The molecular weight excluding hydrogens is 757 g/mol. The van der Waals surface area contributed by atoms with Crippen molar-refractivity contribution in [2.75, 3.05) is 46.4 Å². The summed E-state index contributed by atoms with van der Waals surface area (Å²) in [6, 6.07) is 3.83. The van der Waals surface area contributed by atoms with E-state index in [-0.39, 0.29) is 51.8 Å². The molecule has 4 saturated carbocycles. The average Bonchev–Trinajstić information content (AvgIpc) is 3.48. The highest BCUT2D eigenvalue weighted by Gasteiger charge is 2.71. The molecule has 0 aromatic carbocycles. The van der Waals surface area contributed by atoms with E-state index in [1.54, 1.807) is 33.2 Å². The number of allylic oxidation sites excluding steroid dienone is 3. The number of hydrazine groups is 1. The number of Topliss-reactive ketones (excluding diaryl/α,β-unsaturated/α-hetero) is 1. The van der Waals surface area contributed by atoms with Crippen molar-refractivity contribution in [3.05, 3.63) is 41.2 Å². The van der Waals surface area contributed by atoms with Gasteiger partial charge in [0.1, 0.15) is 12.4 Å². The van der Waals surface area contributed by atoms with E-state index in [0.717, 1.165) is 81.2 Å². The summed E-state index contributed by atoms with van der Waals surface area (Å²) in [4.78, 5) is 59.3. The van der Waals surface area contributed by atoms with Crippen LogP contribution in [0.1, 0.15) is 127 Å². The molecule has 11 heteroatoms. The number of carbonyl (C=O) groups is 4. The van der Waals surface area contributed by atoms with Crippen molar-refractivity contribution in [2.45, 2.75) is 133 Å². The number of pyridine rings is 1. The van der Waals surface area contributed by atoms with E-state index < -0.39 is 22.8 Å². The molecule has 0 bridgehead atoms. The van der Waals surface area contributed by atoms with Gasteiger partial charge in [-0.25, -0.2) is 4.98 Å². The van der Waals surface area contributed by atoms with Gasteiger partial charge in [-0.3, -0.25) is 29.2 Å². The number of esters is 1. The Morgan fingerprint density at radius 1 is 0.950 bits per heavy atom. The van der Waals surface area contributed by atoms with Crippen LogP contribution in [0.3, 0.4) is 0 Å². The van der Waals surface area contributed by atoms with E-state index in [4.69, 9.17) is 9.47 Å². The molecule has 11 nitrogen and oxygen atoms in total. The number of likely N-dealkylation sites (N-methyl/N-ethyl adjacent to an activating group) is 1. The zero-order valence-corrected chi connectivity index (χ0v) is 38.9. The van der Waals surface area contributed by atoms with Gasteiger partial charge in [0.15, 0.2) is 5.78 Å². The fraction of sp³-hybridized carbons (Fsp3) is 0.735. The number of methoxy groups -OCH3 is 1. The number of aliphatic carboxylic acids is 1. The molecule has 1 N–H and O–H groups in total. The summed E-state index contributed by atoms with van der Waals surface area (Å²) in [7, 11) is 7.73. The predicted molar refractivity (Wildman–Crippen MR) is 234 cm³/mol. The molecule has 60 heavy (non-hydrogen) atoms. The van der Waals surface area contributed by atoms with Crippen LogP contribution in [0, 0.1) is 56.2 Å². The first-order valence-corrected chi connectivity index (χ1v) is 22.5. The fourth-order valence-corrected chi connectivity index (χ4v) is 13.9. The Labute approximate surface area is 359 Å². The number of hydrogen-bond donors (Lipinski definition) is 1. The van der Waals surface area contributed by atoms with Gasteiger partial charge in [-0.2, -0.15) is 0 Å². The summed E-state index contributed by atoms with van der Waals surface area (Å²) in [5.74, 6) is 0.307. The van der Waals surface area contributed by atoms with Gasteiger partial charge in [-0.05, 0) is 143 Å². The standard InChI is InChI=1S/C49H74N4O7/c1-31(2)41-34(55)28-49(37(20-27-54)53(26-25-51(10)11)52(12)32-14-17-39(59-13)50-30-32)24-23-47(8)33(42(41)49)15-16-36-46(7)21-19-38(60-40(56)29-44(3,4)43(57)58)45(5,6)35(46)18-22-48(36,47)9/h14,17,20,27,30-31,33,35-36,38H,15-16,18-19,21-26,28-29H2,1-13H3,(H,57,58)/b37-20-/t33?,35?,36?,38?,46?,47-,48?,49?/m1/s1. The molecule has 0 radical (unpaired) electrons. The molecule has 7 unspecified atom stereocenters. The molecule has 1 aromatic rings. The van der Waals surface area contributed by atoms with Crippen molar-refractivity contribution in [3.63, 3.8) is 0 Å². The Morgan fingerprint density at radius 2 is 1.65 bits per heavy atom. The van der Waals surface area contributed by atoms with Crippen LogP contribution in [0.15, 0.2) is 41.2 Å². The number of rotatable bonds is 14. The second kappa shape index (κ2) is 16.2. The van der Waals surface area contributed by atoms with Gasteiger partial charge in [0, 0.05) is 42.6 Å². The smallest absolute Gasteiger partial charge is 0.309 e. The molecule has 0 saturated heterocycles. The monoisotopic (exact) mass is 831 g/mol.